The fourth-order valence-corrected chi connectivity index (χ4v) is 5.45. The van der Waals surface area contributed by atoms with E-state index in [1.807, 2.05) is 12.3 Å². The quantitative estimate of drug-likeness (QED) is 0.487. The number of hydrogen-bond donors (Lipinski definition) is 0. The molecule has 2 aromatic rings. The van der Waals surface area contributed by atoms with E-state index in [2.05, 4.69) is 101 Å². The van der Waals surface area contributed by atoms with Crippen LogP contribution in [0.4, 0.5) is 0 Å². The Morgan fingerprint density at radius 2 is 1.45 bits per heavy atom. The molecule has 0 fully saturated rings. The van der Waals surface area contributed by atoms with Gasteiger partial charge < -0.3 is 8.85 Å². The molecule has 174 valence electrons. The summed E-state index contributed by atoms with van der Waals surface area (Å²) >= 11 is 0. The van der Waals surface area contributed by atoms with Gasteiger partial charge in [-0.3, -0.25) is 4.98 Å². The van der Waals surface area contributed by atoms with Crippen molar-refractivity contribution in [3.8, 4) is 11.5 Å². The molecule has 2 unspecified atom stereocenters. The first kappa shape index (κ1) is 25.8. The third-order valence-corrected chi connectivity index (χ3v) is 15.8. The molecular weight excluding hydrogens is 422 g/mol. The van der Waals surface area contributed by atoms with E-state index in [1.54, 1.807) is 7.05 Å². The molecule has 0 aliphatic carbocycles. The van der Waals surface area contributed by atoms with Crippen molar-refractivity contribution in [1.82, 2.24) is 25.2 Å². The fourth-order valence-electron chi connectivity index (χ4n) is 2.72. The topological polar surface area (TPSA) is 75.0 Å². The van der Waals surface area contributed by atoms with Gasteiger partial charge in [0.25, 0.3) is 0 Å². The Hall–Kier alpha value is -1.43. The normalized spacial score (nSPS) is 15.7. The van der Waals surface area contributed by atoms with E-state index in [0.717, 1.165) is 5.56 Å². The molecule has 7 nitrogen and oxygen atoms in total. The molecule has 2 atom stereocenters. The molecule has 0 bridgehead atoms. The van der Waals surface area contributed by atoms with Crippen LogP contribution in [-0.4, -0.2) is 47.9 Å². The molecule has 0 aromatic carbocycles. The molecule has 0 saturated heterocycles. The van der Waals surface area contributed by atoms with Gasteiger partial charge in [0.05, 0.1) is 19.3 Å². The highest BCUT2D eigenvalue weighted by Gasteiger charge is 2.44. The first-order chi connectivity index (χ1) is 13.9. The first-order valence-electron chi connectivity index (χ1n) is 11.0. The average Bonchev–Trinajstić information content (AvgIpc) is 3.04. The van der Waals surface area contributed by atoms with Gasteiger partial charge in [-0.15, -0.1) is 10.2 Å². The van der Waals surface area contributed by atoms with Crippen LogP contribution in [0.2, 0.25) is 36.3 Å². The maximum Gasteiger partial charge on any atom is 0.223 e. The first-order valence-corrected chi connectivity index (χ1v) is 16.8. The summed E-state index contributed by atoms with van der Waals surface area (Å²) in [5.74, 6) is 0.515. The van der Waals surface area contributed by atoms with Crippen LogP contribution in [0, 0.1) is 0 Å². The molecule has 2 aromatic heterocycles. The van der Waals surface area contributed by atoms with E-state index >= 15 is 0 Å². The molecular formula is C22H41N5O2Si2. The van der Waals surface area contributed by atoms with Crippen molar-refractivity contribution in [1.29, 1.82) is 0 Å². The van der Waals surface area contributed by atoms with Gasteiger partial charge in [0, 0.05) is 11.8 Å². The van der Waals surface area contributed by atoms with Gasteiger partial charge in [-0.1, -0.05) is 47.6 Å². The summed E-state index contributed by atoms with van der Waals surface area (Å²) in [6.07, 6.45) is 1.60. The molecule has 0 aliphatic rings. The van der Waals surface area contributed by atoms with E-state index < -0.39 is 16.6 Å². The van der Waals surface area contributed by atoms with Gasteiger partial charge >= 0.3 is 0 Å². The number of nitrogens with zero attached hydrogens (tertiary/aromatic N) is 5. The maximum atomic E-state index is 6.91. The van der Waals surface area contributed by atoms with Crippen LogP contribution in [0.1, 0.15) is 60.1 Å². The van der Waals surface area contributed by atoms with Crippen LogP contribution in [0.15, 0.2) is 18.3 Å². The lowest BCUT2D eigenvalue weighted by Gasteiger charge is -2.44. The van der Waals surface area contributed by atoms with Crippen molar-refractivity contribution in [2.75, 3.05) is 0 Å². The largest absolute Gasteiger partial charge is 0.411 e. The van der Waals surface area contributed by atoms with Crippen molar-refractivity contribution in [2.45, 2.75) is 96.9 Å². The van der Waals surface area contributed by atoms with E-state index in [-0.39, 0.29) is 22.3 Å². The second-order valence-corrected chi connectivity index (χ2v) is 21.0. The number of pyridine rings is 1. The standard InChI is InChI=1S/C22H41N5O2Si2/c1-16(28-30(9,10)21(2,3)4)19(29-31(11,12)22(5,6)7)17-13-14-18(23-15-17)20-24-26-27(8)25-20/h13-16,19H,1-12H3. The van der Waals surface area contributed by atoms with Crippen molar-refractivity contribution < 1.29 is 8.85 Å². The summed E-state index contributed by atoms with van der Waals surface area (Å²) in [7, 11) is -2.26. The number of rotatable bonds is 7. The Morgan fingerprint density at radius 3 is 1.87 bits per heavy atom. The Morgan fingerprint density at radius 1 is 0.903 bits per heavy atom. The average molecular weight is 464 g/mol. The number of hydrogen-bond acceptors (Lipinski definition) is 6. The molecule has 31 heavy (non-hydrogen) atoms. The summed E-state index contributed by atoms with van der Waals surface area (Å²) < 4.78 is 13.7. The predicted octanol–water partition coefficient (Wildman–Crippen LogP) is 5.75. The van der Waals surface area contributed by atoms with Gasteiger partial charge in [0.15, 0.2) is 16.6 Å². The van der Waals surface area contributed by atoms with E-state index in [9.17, 15) is 0 Å². The molecule has 0 aliphatic heterocycles. The molecule has 0 amide bonds. The third kappa shape index (κ3) is 6.09. The van der Waals surface area contributed by atoms with Crippen LogP contribution >= 0.6 is 0 Å². The second kappa shape index (κ2) is 8.84. The monoisotopic (exact) mass is 463 g/mol. The minimum absolute atomic E-state index is 0.0858. The fraction of sp³-hybridized carbons (Fsp3) is 0.727. The number of aromatic nitrogens is 5. The van der Waals surface area contributed by atoms with E-state index in [0.29, 0.717) is 11.5 Å². The van der Waals surface area contributed by atoms with Crippen LogP contribution in [-0.2, 0) is 15.9 Å². The predicted molar refractivity (Wildman–Crippen MR) is 131 cm³/mol. The minimum atomic E-state index is -2.04. The highest BCUT2D eigenvalue weighted by atomic mass is 28.4. The Balaban J connectivity index is 2.39. The summed E-state index contributed by atoms with van der Waals surface area (Å²) in [5, 5.41) is 12.4. The minimum Gasteiger partial charge on any atom is -0.411 e. The van der Waals surface area contributed by atoms with E-state index in [4.69, 9.17) is 8.85 Å². The van der Waals surface area contributed by atoms with Crippen LogP contribution in [0.25, 0.3) is 11.5 Å². The van der Waals surface area contributed by atoms with Gasteiger partial charge in [-0.25, -0.2) is 0 Å². The summed E-state index contributed by atoms with van der Waals surface area (Å²) in [4.78, 5) is 6.05. The van der Waals surface area contributed by atoms with Crippen molar-refractivity contribution in [3.05, 3.63) is 23.9 Å². The number of tetrazole rings is 1. The smallest absolute Gasteiger partial charge is 0.223 e. The third-order valence-electron chi connectivity index (χ3n) is 6.79. The van der Waals surface area contributed by atoms with Crippen LogP contribution < -0.4 is 0 Å². The summed E-state index contributed by atoms with van der Waals surface area (Å²) in [6.45, 7) is 24.8. The van der Waals surface area contributed by atoms with Crippen molar-refractivity contribution in [3.63, 3.8) is 0 Å². The van der Waals surface area contributed by atoms with Gasteiger partial charge in [-0.2, -0.15) is 4.80 Å². The SMILES string of the molecule is CC(O[Si](C)(C)C(C)(C)C)C(O[Si](C)(C)C(C)(C)C)c1ccc(-c2nnn(C)n2)nc1. The molecule has 0 radical (unpaired) electrons. The highest BCUT2D eigenvalue weighted by Crippen LogP contribution is 2.43. The van der Waals surface area contributed by atoms with Gasteiger partial charge in [0.1, 0.15) is 5.69 Å². The lowest BCUT2D eigenvalue weighted by atomic mass is 10.1. The van der Waals surface area contributed by atoms with Gasteiger partial charge in [-0.05, 0) is 54.5 Å². The van der Waals surface area contributed by atoms with Crippen LogP contribution in [0.5, 0.6) is 0 Å². The molecule has 0 N–H and O–H groups in total. The molecule has 0 saturated carbocycles. The Labute approximate surface area is 190 Å². The van der Waals surface area contributed by atoms with Gasteiger partial charge in [0.2, 0.25) is 5.82 Å². The lowest BCUT2D eigenvalue weighted by molar-refractivity contribution is 0.0457. The zero-order valence-corrected chi connectivity index (χ0v) is 23.4. The Bertz CT molecular complexity index is 867. The molecule has 2 rings (SSSR count). The highest BCUT2D eigenvalue weighted by molar-refractivity contribution is 6.74. The van der Waals surface area contributed by atoms with E-state index in [1.165, 1.54) is 4.80 Å². The Kier molecular flexibility index (Phi) is 7.37. The second-order valence-electron chi connectivity index (χ2n) is 11.5. The molecule has 0 spiro atoms. The summed E-state index contributed by atoms with van der Waals surface area (Å²) in [6, 6.07) is 4.00. The summed E-state index contributed by atoms with van der Waals surface area (Å²) in [5.41, 5.74) is 1.71. The van der Waals surface area contributed by atoms with Crippen LogP contribution in [0.3, 0.4) is 0 Å². The van der Waals surface area contributed by atoms with Crippen molar-refractivity contribution >= 4 is 16.6 Å². The van der Waals surface area contributed by atoms with Crippen molar-refractivity contribution in [2.24, 2.45) is 7.05 Å². The lowest BCUT2D eigenvalue weighted by Crippen LogP contribution is -2.48. The maximum absolute atomic E-state index is 6.91. The zero-order valence-electron chi connectivity index (χ0n) is 21.4. The molecule has 9 heteroatoms. The zero-order chi connectivity index (χ0) is 23.8. The number of aryl methyl sites for hydroxylation is 1. The molecule has 2 heterocycles.